The van der Waals surface area contributed by atoms with Gasteiger partial charge >= 0.3 is 16.3 Å². The van der Waals surface area contributed by atoms with Gasteiger partial charge in [0.2, 0.25) is 0 Å². The van der Waals surface area contributed by atoms with Crippen LogP contribution >= 0.6 is 0 Å². The molecule has 1 aliphatic heterocycles. The molecule has 160 valence electrons. The fraction of sp³-hybridized carbons (Fsp3) is 0.611. The van der Waals surface area contributed by atoms with Crippen molar-refractivity contribution < 1.29 is 22.7 Å². The molecule has 3 rings (SSSR count). The molecule has 1 aromatic carbocycles. The maximum Gasteiger partial charge on any atom is 0.422 e. The van der Waals surface area contributed by atoms with Crippen LogP contribution in [-0.2, 0) is 21.5 Å². The lowest BCUT2D eigenvalue weighted by atomic mass is 9.98. The number of methoxy groups -OCH3 is 1. The van der Waals surface area contributed by atoms with Gasteiger partial charge in [-0.25, -0.2) is 14.2 Å². The van der Waals surface area contributed by atoms with E-state index in [1.165, 1.54) is 4.31 Å². The Bertz CT molecular complexity index is 974. The Labute approximate surface area is 170 Å². The minimum Gasteiger partial charge on any atom is -0.497 e. The summed E-state index contributed by atoms with van der Waals surface area (Å²) in [6.07, 6.45) is 0.351. The Morgan fingerprint density at radius 3 is 2.59 bits per heavy atom. The monoisotopic (exact) mass is 425 g/mol. The molecular formula is C18H27N5O5S. The predicted molar refractivity (Wildman–Crippen MR) is 107 cm³/mol. The Balaban J connectivity index is 1.57. The van der Waals surface area contributed by atoms with Gasteiger partial charge in [-0.05, 0) is 51.7 Å². The Hall–Kier alpha value is -2.40. The van der Waals surface area contributed by atoms with Crippen molar-refractivity contribution in [2.75, 3.05) is 20.2 Å². The highest BCUT2D eigenvalue weighted by Crippen LogP contribution is 2.24. The molecule has 0 unspecified atom stereocenters. The molecule has 0 aliphatic carbocycles. The number of fused-ring (bicyclic) bond motifs is 1. The number of ether oxygens (including phenoxy) is 2. The first-order chi connectivity index (χ1) is 13.6. The number of hydrogen-bond donors (Lipinski definition) is 1. The second-order valence-corrected chi connectivity index (χ2v) is 9.75. The predicted octanol–water partition coefficient (Wildman–Crippen LogP) is 1.92. The highest BCUT2D eigenvalue weighted by molar-refractivity contribution is 7.87. The van der Waals surface area contributed by atoms with Crippen molar-refractivity contribution in [3.05, 3.63) is 18.2 Å². The third-order valence-electron chi connectivity index (χ3n) is 4.68. The third-order valence-corrected chi connectivity index (χ3v) is 6.15. The Morgan fingerprint density at radius 2 is 1.97 bits per heavy atom. The van der Waals surface area contributed by atoms with E-state index in [-0.39, 0.29) is 5.92 Å². The van der Waals surface area contributed by atoms with Crippen LogP contribution in [0.1, 0.15) is 33.6 Å². The molecule has 1 fully saturated rings. The number of rotatable bonds is 5. The van der Waals surface area contributed by atoms with Crippen LogP contribution < -0.4 is 9.46 Å². The van der Waals surface area contributed by atoms with Crippen molar-refractivity contribution in [2.24, 2.45) is 5.92 Å². The third kappa shape index (κ3) is 5.36. The van der Waals surface area contributed by atoms with Crippen LogP contribution in [0.4, 0.5) is 4.79 Å². The van der Waals surface area contributed by atoms with E-state index < -0.39 is 21.9 Å². The molecule has 11 heteroatoms. The van der Waals surface area contributed by atoms with Gasteiger partial charge in [-0.1, -0.05) is 5.21 Å². The van der Waals surface area contributed by atoms with Gasteiger partial charge in [-0.2, -0.15) is 12.7 Å². The molecule has 1 aromatic heterocycles. The zero-order chi connectivity index (χ0) is 21.2. The van der Waals surface area contributed by atoms with E-state index in [1.54, 1.807) is 27.9 Å². The summed E-state index contributed by atoms with van der Waals surface area (Å²) < 4.78 is 40.1. The molecule has 2 heterocycles. The van der Waals surface area contributed by atoms with E-state index in [1.807, 2.05) is 27.6 Å². The molecule has 29 heavy (non-hydrogen) atoms. The van der Waals surface area contributed by atoms with Crippen molar-refractivity contribution in [3.8, 4) is 5.75 Å². The average molecular weight is 426 g/mol. The molecule has 10 nitrogen and oxygen atoms in total. The smallest absolute Gasteiger partial charge is 0.422 e. The van der Waals surface area contributed by atoms with Gasteiger partial charge in [0, 0.05) is 25.7 Å². The zero-order valence-corrected chi connectivity index (χ0v) is 17.9. The van der Waals surface area contributed by atoms with E-state index in [4.69, 9.17) is 9.47 Å². The fourth-order valence-corrected chi connectivity index (χ4v) is 4.33. The summed E-state index contributed by atoms with van der Waals surface area (Å²) in [5, 5.41) is 8.39. The molecule has 0 saturated carbocycles. The standard InChI is InChI=1S/C18H27N5O5S/c1-18(2,3)28-17(24)20-29(25,26)22-9-7-13(8-10-22)12-23-16-6-5-14(27-4)11-15(16)19-21-23/h5-6,11,13H,7-10,12H2,1-4H3,(H,20,24). The largest absolute Gasteiger partial charge is 0.497 e. The minimum absolute atomic E-state index is 0.259. The first kappa shape index (κ1) is 21.3. The fourth-order valence-electron chi connectivity index (χ4n) is 3.26. The van der Waals surface area contributed by atoms with E-state index in [9.17, 15) is 13.2 Å². The first-order valence-corrected chi connectivity index (χ1v) is 10.9. The maximum absolute atomic E-state index is 12.4. The second kappa shape index (κ2) is 8.15. The number of aromatic nitrogens is 3. The summed E-state index contributed by atoms with van der Waals surface area (Å²) in [6, 6.07) is 5.61. The molecule has 0 bridgehead atoms. The summed E-state index contributed by atoms with van der Waals surface area (Å²) in [6.45, 7) is 6.32. The molecule has 1 N–H and O–H groups in total. The number of hydrogen-bond acceptors (Lipinski definition) is 7. The average Bonchev–Trinajstić information content (AvgIpc) is 3.02. The molecule has 0 spiro atoms. The van der Waals surface area contributed by atoms with Crippen LogP contribution in [0.5, 0.6) is 5.75 Å². The molecular weight excluding hydrogens is 398 g/mol. The topological polar surface area (TPSA) is 116 Å². The van der Waals surface area contributed by atoms with Crippen molar-refractivity contribution >= 4 is 27.3 Å². The second-order valence-electron chi connectivity index (χ2n) is 8.08. The molecule has 2 aromatic rings. The summed E-state index contributed by atoms with van der Waals surface area (Å²) in [5.41, 5.74) is 0.898. The summed E-state index contributed by atoms with van der Waals surface area (Å²) in [5.74, 6) is 0.982. The van der Waals surface area contributed by atoms with Crippen molar-refractivity contribution in [2.45, 2.75) is 45.8 Å². The molecule has 1 aliphatic rings. The summed E-state index contributed by atoms with van der Waals surface area (Å²) in [4.78, 5) is 11.8. The first-order valence-electron chi connectivity index (χ1n) is 9.45. The number of piperidine rings is 1. The van der Waals surface area contributed by atoms with Gasteiger partial charge < -0.3 is 9.47 Å². The molecule has 1 amide bonds. The highest BCUT2D eigenvalue weighted by Gasteiger charge is 2.31. The van der Waals surface area contributed by atoms with Crippen LogP contribution in [0.3, 0.4) is 0 Å². The van der Waals surface area contributed by atoms with E-state index in [0.29, 0.717) is 32.5 Å². The number of benzene rings is 1. The van der Waals surface area contributed by atoms with Gasteiger partial charge in [0.15, 0.2) is 0 Å². The molecule has 1 saturated heterocycles. The van der Waals surface area contributed by atoms with Crippen LogP contribution in [-0.4, -0.2) is 59.6 Å². The molecule has 0 radical (unpaired) electrons. The SMILES string of the molecule is COc1ccc2c(c1)nnn2CC1CCN(S(=O)(=O)NC(=O)OC(C)(C)C)CC1. The maximum atomic E-state index is 12.4. The summed E-state index contributed by atoms with van der Waals surface area (Å²) >= 11 is 0. The van der Waals surface area contributed by atoms with Crippen molar-refractivity contribution in [3.63, 3.8) is 0 Å². The lowest BCUT2D eigenvalue weighted by molar-refractivity contribution is 0.0566. The number of amides is 1. The van der Waals surface area contributed by atoms with Gasteiger partial charge in [-0.3, -0.25) is 0 Å². The van der Waals surface area contributed by atoms with Gasteiger partial charge in [-0.15, -0.1) is 5.10 Å². The number of nitrogens with zero attached hydrogens (tertiary/aromatic N) is 4. The Morgan fingerprint density at radius 1 is 1.28 bits per heavy atom. The van der Waals surface area contributed by atoms with Crippen LogP contribution in [0.25, 0.3) is 11.0 Å². The summed E-state index contributed by atoms with van der Waals surface area (Å²) in [7, 11) is -2.32. The van der Waals surface area contributed by atoms with Crippen LogP contribution in [0, 0.1) is 5.92 Å². The minimum atomic E-state index is -3.92. The lowest BCUT2D eigenvalue weighted by Crippen LogP contribution is -2.48. The quantitative estimate of drug-likeness (QED) is 0.778. The number of carbonyl (C=O) groups is 1. The Kier molecular flexibility index (Phi) is 5.99. The van der Waals surface area contributed by atoms with E-state index in [0.717, 1.165) is 16.8 Å². The number of carbonyl (C=O) groups excluding carboxylic acids is 1. The zero-order valence-electron chi connectivity index (χ0n) is 17.1. The lowest BCUT2D eigenvalue weighted by Gasteiger charge is -2.31. The van der Waals surface area contributed by atoms with Gasteiger partial charge in [0.25, 0.3) is 0 Å². The number of nitrogens with one attached hydrogen (secondary N) is 1. The van der Waals surface area contributed by atoms with Crippen LogP contribution in [0.15, 0.2) is 18.2 Å². The highest BCUT2D eigenvalue weighted by atomic mass is 32.2. The molecule has 0 atom stereocenters. The normalized spacial score (nSPS) is 16.7. The van der Waals surface area contributed by atoms with Crippen molar-refractivity contribution in [1.82, 2.24) is 24.0 Å². The van der Waals surface area contributed by atoms with Crippen LogP contribution in [0.2, 0.25) is 0 Å². The van der Waals surface area contributed by atoms with E-state index in [2.05, 4.69) is 10.3 Å². The van der Waals surface area contributed by atoms with Crippen molar-refractivity contribution in [1.29, 1.82) is 0 Å². The van der Waals surface area contributed by atoms with E-state index >= 15 is 0 Å². The van der Waals surface area contributed by atoms with Gasteiger partial charge in [0.1, 0.15) is 16.9 Å². The van der Waals surface area contributed by atoms with Gasteiger partial charge in [0.05, 0.1) is 12.6 Å².